The SMILES string of the molecule is CC(CN)CS(=O)(=O)c1ccccc1C(F)(F)F. The third-order valence-electron chi connectivity index (χ3n) is 2.43. The van der Waals surface area contributed by atoms with Crippen LogP contribution in [0.1, 0.15) is 12.5 Å². The summed E-state index contributed by atoms with van der Waals surface area (Å²) in [6.07, 6.45) is -4.68. The van der Waals surface area contributed by atoms with E-state index in [9.17, 15) is 21.6 Å². The van der Waals surface area contributed by atoms with Crippen molar-refractivity contribution >= 4 is 9.84 Å². The molecule has 0 radical (unpaired) electrons. The minimum absolute atomic E-state index is 0.105. The fourth-order valence-corrected chi connectivity index (χ4v) is 3.37. The van der Waals surface area contributed by atoms with Crippen molar-refractivity contribution in [3.8, 4) is 0 Å². The van der Waals surface area contributed by atoms with Crippen LogP contribution >= 0.6 is 0 Å². The van der Waals surface area contributed by atoms with Gasteiger partial charge in [0.05, 0.1) is 16.2 Å². The summed E-state index contributed by atoms with van der Waals surface area (Å²) in [5, 5.41) is 0. The van der Waals surface area contributed by atoms with Crippen molar-refractivity contribution in [2.45, 2.75) is 18.0 Å². The van der Waals surface area contributed by atoms with Gasteiger partial charge >= 0.3 is 6.18 Å². The van der Waals surface area contributed by atoms with Gasteiger partial charge in [-0.1, -0.05) is 19.1 Å². The van der Waals surface area contributed by atoms with Gasteiger partial charge in [-0.3, -0.25) is 0 Å². The molecule has 1 atom stereocenters. The Labute approximate surface area is 104 Å². The molecule has 0 amide bonds. The van der Waals surface area contributed by atoms with Gasteiger partial charge < -0.3 is 5.73 Å². The maximum absolute atomic E-state index is 12.7. The molecule has 18 heavy (non-hydrogen) atoms. The van der Waals surface area contributed by atoms with Crippen LogP contribution in [0.3, 0.4) is 0 Å². The van der Waals surface area contributed by atoms with Crippen molar-refractivity contribution in [2.75, 3.05) is 12.3 Å². The lowest BCUT2D eigenvalue weighted by atomic mass is 10.2. The molecule has 0 aliphatic heterocycles. The molecule has 0 saturated carbocycles. The van der Waals surface area contributed by atoms with Gasteiger partial charge in [-0.15, -0.1) is 0 Å². The number of nitrogens with two attached hydrogens (primary N) is 1. The molecule has 0 spiro atoms. The minimum atomic E-state index is -4.68. The maximum atomic E-state index is 12.7. The van der Waals surface area contributed by atoms with Gasteiger partial charge in [0.25, 0.3) is 0 Å². The summed E-state index contributed by atoms with van der Waals surface area (Å²) < 4.78 is 62.0. The molecule has 0 aliphatic carbocycles. The van der Waals surface area contributed by atoms with E-state index in [1.54, 1.807) is 6.92 Å². The highest BCUT2D eigenvalue weighted by atomic mass is 32.2. The van der Waals surface area contributed by atoms with Crippen LogP contribution < -0.4 is 5.73 Å². The third kappa shape index (κ3) is 3.46. The van der Waals surface area contributed by atoms with Crippen LogP contribution in [0.4, 0.5) is 13.2 Å². The number of halogens is 3. The summed E-state index contributed by atoms with van der Waals surface area (Å²) in [5.74, 6) is -0.785. The number of hydrogen-bond acceptors (Lipinski definition) is 3. The van der Waals surface area contributed by atoms with E-state index in [4.69, 9.17) is 5.73 Å². The van der Waals surface area contributed by atoms with Crippen molar-refractivity contribution in [3.63, 3.8) is 0 Å². The predicted molar refractivity (Wildman–Crippen MR) is 61.7 cm³/mol. The van der Waals surface area contributed by atoms with E-state index in [0.29, 0.717) is 0 Å². The van der Waals surface area contributed by atoms with Gasteiger partial charge in [-0.05, 0) is 24.6 Å². The van der Waals surface area contributed by atoms with Crippen LogP contribution in [0.25, 0.3) is 0 Å². The second-order valence-electron chi connectivity index (χ2n) is 4.12. The van der Waals surface area contributed by atoms with E-state index in [1.165, 1.54) is 6.07 Å². The van der Waals surface area contributed by atoms with Gasteiger partial charge in [0.1, 0.15) is 0 Å². The van der Waals surface area contributed by atoms with Gasteiger partial charge in [-0.25, -0.2) is 8.42 Å². The lowest BCUT2D eigenvalue weighted by Crippen LogP contribution is -2.23. The number of hydrogen-bond donors (Lipinski definition) is 1. The van der Waals surface area contributed by atoms with Gasteiger partial charge in [0.15, 0.2) is 9.84 Å². The van der Waals surface area contributed by atoms with Crippen molar-refractivity contribution in [1.29, 1.82) is 0 Å². The molecular weight excluding hydrogens is 267 g/mol. The molecule has 0 saturated heterocycles. The van der Waals surface area contributed by atoms with E-state index in [2.05, 4.69) is 0 Å². The lowest BCUT2D eigenvalue weighted by Gasteiger charge is -2.14. The predicted octanol–water partition coefficient (Wildman–Crippen LogP) is 2.07. The van der Waals surface area contributed by atoms with Gasteiger partial charge in [0, 0.05) is 0 Å². The largest absolute Gasteiger partial charge is 0.417 e. The molecule has 0 bridgehead atoms. The Morgan fingerprint density at radius 2 is 1.83 bits per heavy atom. The maximum Gasteiger partial charge on any atom is 0.417 e. The number of benzene rings is 1. The first-order chi connectivity index (χ1) is 8.18. The van der Waals surface area contributed by atoms with Gasteiger partial charge in [0.2, 0.25) is 0 Å². The first-order valence-electron chi connectivity index (χ1n) is 5.27. The van der Waals surface area contributed by atoms with Crippen LogP contribution in [-0.4, -0.2) is 20.7 Å². The Hall–Kier alpha value is -1.08. The summed E-state index contributed by atoms with van der Waals surface area (Å²) in [6, 6.07) is 4.17. The molecule has 0 fully saturated rings. The first kappa shape index (κ1) is 15.0. The number of rotatable bonds is 4. The van der Waals surface area contributed by atoms with Crippen molar-refractivity contribution < 1.29 is 21.6 Å². The van der Waals surface area contributed by atoms with E-state index in [-0.39, 0.29) is 6.54 Å². The number of alkyl halides is 3. The fraction of sp³-hybridized carbons (Fsp3) is 0.455. The van der Waals surface area contributed by atoms with E-state index >= 15 is 0 Å². The summed E-state index contributed by atoms with van der Waals surface area (Å²) in [5.41, 5.74) is 4.16. The fourth-order valence-electron chi connectivity index (χ4n) is 1.50. The molecule has 0 aromatic heterocycles. The Morgan fingerprint density at radius 3 is 2.33 bits per heavy atom. The van der Waals surface area contributed by atoms with Crippen molar-refractivity contribution in [2.24, 2.45) is 11.7 Å². The lowest BCUT2D eigenvalue weighted by molar-refractivity contribution is -0.139. The molecule has 1 rings (SSSR count). The minimum Gasteiger partial charge on any atom is -0.330 e. The van der Waals surface area contributed by atoms with Crippen LogP contribution in [0, 0.1) is 5.92 Å². The topological polar surface area (TPSA) is 60.2 Å². The first-order valence-corrected chi connectivity index (χ1v) is 6.92. The average molecular weight is 281 g/mol. The normalized spacial score (nSPS) is 14.5. The smallest absolute Gasteiger partial charge is 0.330 e. The Balaban J connectivity index is 3.25. The monoisotopic (exact) mass is 281 g/mol. The zero-order chi connectivity index (χ0) is 14.0. The second kappa shape index (κ2) is 5.27. The summed E-state index contributed by atoms with van der Waals surface area (Å²) >= 11 is 0. The molecule has 1 unspecified atom stereocenters. The van der Waals surface area contributed by atoms with Crippen LogP contribution in [-0.2, 0) is 16.0 Å². The van der Waals surface area contributed by atoms with E-state index in [0.717, 1.165) is 18.2 Å². The van der Waals surface area contributed by atoms with Crippen molar-refractivity contribution in [3.05, 3.63) is 29.8 Å². The quantitative estimate of drug-likeness (QED) is 0.919. The Bertz CT molecular complexity index is 511. The zero-order valence-electron chi connectivity index (χ0n) is 9.74. The van der Waals surface area contributed by atoms with E-state index < -0.39 is 38.1 Å². The van der Waals surface area contributed by atoms with Crippen molar-refractivity contribution in [1.82, 2.24) is 0 Å². The molecule has 1 aromatic rings. The molecule has 0 aliphatic rings. The molecule has 0 heterocycles. The highest BCUT2D eigenvalue weighted by molar-refractivity contribution is 7.91. The summed E-state index contributed by atoms with van der Waals surface area (Å²) in [7, 11) is -3.99. The van der Waals surface area contributed by atoms with Gasteiger partial charge in [-0.2, -0.15) is 13.2 Å². The number of sulfone groups is 1. The standard InChI is InChI=1S/C11H14F3NO2S/c1-8(6-15)7-18(16,17)10-5-3-2-4-9(10)11(12,13)14/h2-5,8H,6-7,15H2,1H3. The van der Waals surface area contributed by atoms with E-state index in [1.807, 2.05) is 0 Å². The molecular formula is C11H14F3NO2S. The molecule has 7 heteroatoms. The summed E-state index contributed by atoms with van der Waals surface area (Å²) in [6.45, 7) is 1.68. The highest BCUT2D eigenvalue weighted by Crippen LogP contribution is 2.34. The van der Waals surface area contributed by atoms with Crippen LogP contribution in [0.2, 0.25) is 0 Å². The molecule has 1 aromatic carbocycles. The zero-order valence-corrected chi connectivity index (χ0v) is 10.6. The second-order valence-corrected chi connectivity index (χ2v) is 6.12. The van der Waals surface area contributed by atoms with Crippen LogP contribution in [0.15, 0.2) is 29.2 Å². The Morgan fingerprint density at radius 1 is 1.28 bits per heavy atom. The Kier molecular flexibility index (Phi) is 4.39. The third-order valence-corrected chi connectivity index (χ3v) is 4.47. The highest BCUT2D eigenvalue weighted by Gasteiger charge is 2.36. The molecule has 3 nitrogen and oxygen atoms in total. The molecule has 102 valence electrons. The summed E-state index contributed by atoms with van der Waals surface area (Å²) in [4.78, 5) is -0.683. The average Bonchev–Trinajstić information content (AvgIpc) is 2.27. The van der Waals surface area contributed by atoms with Crippen LogP contribution in [0.5, 0.6) is 0 Å². The molecule has 2 N–H and O–H groups in total.